The van der Waals surface area contributed by atoms with Crippen LogP contribution in [0.3, 0.4) is 0 Å². The first kappa shape index (κ1) is 14.7. The van der Waals surface area contributed by atoms with E-state index in [0.29, 0.717) is 6.04 Å². The van der Waals surface area contributed by atoms with Gasteiger partial charge in [-0.05, 0) is 0 Å². The average Bonchev–Trinajstić information content (AvgIpc) is 2.88. The second-order valence-corrected chi connectivity index (χ2v) is 9.68. The summed E-state index contributed by atoms with van der Waals surface area (Å²) in [5, 5.41) is 0. The summed E-state index contributed by atoms with van der Waals surface area (Å²) in [5.74, 6) is 0. The van der Waals surface area contributed by atoms with Crippen molar-refractivity contribution in [2.24, 2.45) is 0 Å². The van der Waals surface area contributed by atoms with E-state index in [-0.39, 0.29) is 0 Å². The van der Waals surface area contributed by atoms with E-state index in [1.54, 1.807) is 0 Å². The number of nitrogens with one attached hydrogen (secondary N) is 1. The molecule has 107 valence electrons. The van der Waals surface area contributed by atoms with Crippen molar-refractivity contribution in [3.63, 3.8) is 0 Å². The summed E-state index contributed by atoms with van der Waals surface area (Å²) < 4.78 is 26.7. The van der Waals surface area contributed by atoms with Crippen LogP contribution < -0.4 is 8.58 Å². The second-order valence-electron chi connectivity index (χ2n) is 5.24. The van der Waals surface area contributed by atoms with E-state index < -0.39 is 14.7 Å². The van der Waals surface area contributed by atoms with E-state index in [1.807, 2.05) is 24.3 Å². The SMILES string of the molecule is O=S(=O)([NH][Ge])C1Sc2ccccc2N1C1CCCCC1. The van der Waals surface area contributed by atoms with E-state index in [0.717, 1.165) is 23.4 Å². The molecule has 1 unspecified atom stereocenters. The molecule has 1 fully saturated rings. The van der Waals surface area contributed by atoms with E-state index >= 15 is 0 Å². The van der Waals surface area contributed by atoms with Gasteiger partial charge in [0, 0.05) is 0 Å². The number of anilines is 1. The van der Waals surface area contributed by atoms with Gasteiger partial charge < -0.3 is 0 Å². The Bertz CT molecular complexity index is 588. The summed E-state index contributed by atoms with van der Waals surface area (Å²) in [6.45, 7) is 0. The maximum atomic E-state index is 12.3. The van der Waals surface area contributed by atoms with Gasteiger partial charge in [-0.3, -0.25) is 0 Å². The zero-order valence-corrected chi connectivity index (χ0v) is 14.8. The molecule has 20 heavy (non-hydrogen) atoms. The Morgan fingerprint density at radius 2 is 1.90 bits per heavy atom. The molecule has 1 heterocycles. The van der Waals surface area contributed by atoms with Gasteiger partial charge in [-0.25, -0.2) is 0 Å². The molecule has 0 saturated heterocycles. The van der Waals surface area contributed by atoms with Crippen LogP contribution in [-0.2, 0) is 10.0 Å². The molecule has 0 spiro atoms. The van der Waals surface area contributed by atoms with Crippen molar-refractivity contribution in [1.29, 1.82) is 0 Å². The topological polar surface area (TPSA) is 49.4 Å². The molecule has 1 aromatic carbocycles. The molecule has 7 heteroatoms. The fourth-order valence-corrected chi connectivity index (χ4v) is 7.00. The van der Waals surface area contributed by atoms with Crippen LogP contribution in [0.4, 0.5) is 5.69 Å². The Hall–Kier alpha value is -0.177. The Morgan fingerprint density at radius 1 is 1.20 bits per heavy atom. The third-order valence-corrected chi connectivity index (χ3v) is 8.88. The van der Waals surface area contributed by atoms with E-state index in [9.17, 15) is 8.42 Å². The molecular weight excluding hydrogens is 353 g/mol. The van der Waals surface area contributed by atoms with Gasteiger partial charge in [0.25, 0.3) is 0 Å². The number of sulfonamides is 1. The van der Waals surface area contributed by atoms with Crippen molar-refractivity contribution >= 4 is 44.2 Å². The number of hydrogen-bond donors (Lipinski definition) is 1. The summed E-state index contributed by atoms with van der Waals surface area (Å²) in [4.78, 5) is 3.20. The second kappa shape index (κ2) is 5.90. The van der Waals surface area contributed by atoms with Crippen molar-refractivity contribution in [3.05, 3.63) is 24.3 Å². The average molecular weight is 370 g/mol. The molecule has 3 rings (SSSR count). The normalized spacial score (nSPS) is 23.9. The third kappa shape index (κ3) is 2.63. The Kier molecular flexibility index (Phi) is 4.35. The van der Waals surface area contributed by atoms with E-state index in [2.05, 4.69) is 8.58 Å². The van der Waals surface area contributed by atoms with Crippen LogP contribution >= 0.6 is 11.8 Å². The molecule has 1 saturated carbocycles. The van der Waals surface area contributed by atoms with Gasteiger partial charge in [0.2, 0.25) is 0 Å². The molecule has 3 radical (unpaired) electrons. The zero-order valence-electron chi connectivity index (χ0n) is 11.1. The summed E-state index contributed by atoms with van der Waals surface area (Å²) in [6, 6.07) is 8.36. The van der Waals surface area contributed by atoms with Gasteiger partial charge in [0.1, 0.15) is 0 Å². The molecule has 0 amide bonds. The zero-order chi connectivity index (χ0) is 14.2. The summed E-state index contributed by atoms with van der Waals surface area (Å²) in [6.07, 6.45) is 5.83. The van der Waals surface area contributed by atoms with Crippen molar-refractivity contribution in [2.75, 3.05) is 4.90 Å². The summed E-state index contributed by atoms with van der Waals surface area (Å²) >= 11 is 2.94. The van der Waals surface area contributed by atoms with Crippen LogP contribution in [0, 0.1) is 0 Å². The van der Waals surface area contributed by atoms with Gasteiger partial charge in [-0.2, -0.15) is 0 Å². The van der Waals surface area contributed by atoms with Gasteiger partial charge >= 0.3 is 133 Å². The Balaban J connectivity index is 1.99. The van der Waals surface area contributed by atoms with Crippen LogP contribution in [0.1, 0.15) is 32.1 Å². The molecule has 1 aliphatic carbocycles. The standard InChI is InChI=1S/C13H17GeN2O2S2/c14-15-20(17,18)13-16(10-6-2-1-3-7-10)11-8-4-5-9-12(11)19-13/h4-5,8-10,13,15H,1-3,6-7H2. The van der Waals surface area contributed by atoms with Crippen LogP contribution in [0.2, 0.25) is 0 Å². The van der Waals surface area contributed by atoms with Crippen molar-refractivity contribution in [3.8, 4) is 0 Å². The monoisotopic (exact) mass is 371 g/mol. The number of para-hydroxylation sites is 1. The minimum atomic E-state index is -3.33. The van der Waals surface area contributed by atoms with Crippen LogP contribution in [-0.4, -0.2) is 35.9 Å². The Labute approximate surface area is 133 Å². The fraction of sp³-hybridized carbons (Fsp3) is 0.538. The maximum absolute atomic E-state index is 12.3. The Morgan fingerprint density at radius 3 is 2.60 bits per heavy atom. The summed E-state index contributed by atoms with van der Waals surface area (Å²) in [7, 11) is -3.33. The predicted molar refractivity (Wildman–Crippen MR) is 83.2 cm³/mol. The number of nitrogens with zero attached hydrogens (tertiary/aromatic N) is 1. The molecule has 0 bridgehead atoms. The molecule has 2 aliphatic rings. The van der Waals surface area contributed by atoms with Gasteiger partial charge in [0.15, 0.2) is 0 Å². The van der Waals surface area contributed by atoms with E-state index in [4.69, 9.17) is 0 Å². The molecule has 0 aromatic heterocycles. The number of thioether (sulfide) groups is 1. The van der Waals surface area contributed by atoms with Crippen molar-refractivity contribution < 1.29 is 8.42 Å². The molecule has 1 aliphatic heterocycles. The van der Waals surface area contributed by atoms with Crippen LogP contribution in [0.25, 0.3) is 0 Å². The van der Waals surface area contributed by atoms with Crippen molar-refractivity contribution in [2.45, 2.75) is 47.7 Å². The predicted octanol–water partition coefficient (Wildman–Crippen LogP) is 2.22. The first-order valence-corrected chi connectivity index (χ1v) is 10.3. The van der Waals surface area contributed by atoms with Gasteiger partial charge in [-0.1, -0.05) is 0 Å². The van der Waals surface area contributed by atoms with Gasteiger partial charge in [0.05, 0.1) is 0 Å². The quantitative estimate of drug-likeness (QED) is 0.830. The third-order valence-electron chi connectivity index (χ3n) is 3.97. The molecule has 1 aromatic rings. The molecule has 1 N–H and O–H groups in total. The molecule has 1 atom stereocenters. The minimum absolute atomic E-state index is 0.341. The first-order valence-electron chi connectivity index (χ1n) is 6.85. The van der Waals surface area contributed by atoms with Gasteiger partial charge in [-0.15, -0.1) is 0 Å². The summed E-state index contributed by atoms with van der Waals surface area (Å²) in [5.41, 5.74) is 1.08. The fourth-order valence-electron chi connectivity index (χ4n) is 3.04. The molecular formula is C13H17GeN2O2S2. The van der Waals surface area contributed by atoms with E-state index in [1.165, 1.54) is 47.8 Å². The molecule has 4 nitrogen and oxygen atoms in total. The number of hydrogen-bond acceptors (Lipinski definition) is 4. The van der Waals surface area contributed by atoms with Crippen molar-refractivity contribution in [1.82, 2.24) is 3.68 Å². The number of fused-ring (bicyclic) bond motifs is 1. The number of rotatable bonds is 3. The van der Waals surface area contributed by atoms with Crippen LogP contribution in [0.15, 0.2) is 29.2 Å². The van der Waals surface area contributed by atoms with Crippen LogP contribution in [0.5, 0.6) is 0 Å². The first-order chi connectivity index (χ1) is 9.63. The number of benzene rings is 1.